The van der Waals surface area contributed by atoms with E-state index in [0.29, 0.717) is 6.42 Å². The Morgan fingerprint density at radius 2 is 1.92 bits per heavy atom. The molecule has 130 valence electrons. The van der Waals surface area contributed by atoms with E-state index >= 15 is 0 Å². The largest absolute Gasteiger partial charge is 0.357 e. The average Bonchev–Trinajstić information content (AvgIpc) is 2.60. The molecule has 2 aromatic rings. The zero-order valence-corrected chi connectivity index (χ0v) is 14.5. The first kappa shape index (κ1) is 17.0. The molecular formula is C19H21N3O3. The second-order valence-electron chi connectivity index (χ2n) is 6.24. The lowest BCUT2D eigenvalue weighted by atomic mass is 9.91. The van der Waals surface area contributed by atoms with Crippen LogP contribution in [0, 0.1) is 0 Å². The molecule has 2 aromatic carbocycles. The summed E-state index contributed by atoms with van der Waals surface area (Å²) in [7, 11) is 1.54. The van der Waals surface area contributed by atoms with Crippen molar-refractivity contribution >= 4 is 34.2 Å². The monoisotopic (exact) mass is 339 g/mol. The van der Waals surface area contributed by atoms with Gasteiger partial charge in [-0.15, -0.1) is 0 Å². The van der Waals surface area contributed by atoms with Crippen molar-refractivity contribution in [2.45, 2.75) is 32.4 Å². The Morgan fingerprint density at radius 3 is 2.60 bits per heavy atom. The number of fused-ring (bicyclic) bond motifs is 3. The van der Waals surface area contributed by atoms with Gasteiger partial charge in [0.1, 0.15) is 12.1 Å². The third-order valence-corrected chi connectivity index (χ3v) is 4.61. The molecule has 6 heteroatoms. The molecule has 0 fully saturated rings. The molecule has 1 unspecified atom stereocenters. The Labute approximate surface area is 146 Å². The number of rotatable bonds is 3. The van der Waals surface area contributed by atoms with Gasteiger partial charge in [-0.2, -0.15) is 0 Å². The molecule has 0 aliphatic carbocycles. The third-order valence-electron chi connectivity index (χ3n) is 4.61. The highest BCUT2D eigenvalue weighted by molar-refractivity contribution is 6.09. The molecule has 6 nitrogen and oxygen atoms in total. The fourth-order valence-electron chi connectivity index (χ4n) is 3.43. The molecule has 0 aromatic heterocycles. The minimum Gasteiger partial charge on any atom is -0.357 e. The summed E-state index contributed by atoms with van der Waals surface area (Å²) < 4.78 is 0. The van der Waals surface area contributed by atoms with E-state index in [4.69, 9.17) is 0 Å². The maximum absolute atomic E-state index is 13.0. The van der Waals surface area contributed by atoms with Crippen molar-refractivity contribution in [1.29, 1.82) is 0 Å². The molecule has 0 bridgehead atoms. The SMILES string of the molecule is CNC(=O)[C@H](C)N1C(=O)C(NC(C)=O)Cc2c1ccc1ccccc21. The Morgan fingerprint density at radius 1 is 1.20 bits per heavy atom. The molecule has 1 heterocycles. The maximum atomic E-state index is 13.0. The Kier molecular flexibility index (Phi) is 4.44. The Balaban J connectivity index is 2.17. The van der Waals surface area contributed by atoms with Gasteiger partial charge >= 0.3 is 0 Å². The lowest BCUT2D eigenvalue weighted by Gasteiger charge is -2.38. The molecule has 0 radical (unpaired) electrons. The Hall–Kier alpha value is -2.89. The van der Waals surface area contributed by atoms with Gasteiger partial charge in [0.15, 0.2) is 0 Å². The highest BCUT2D eigenvalue weighted by Crippen LogP contribution is 2.35. The molecular weight excluding hydrogens is 318 g/mol. The zero-order valence-electron chi connectivity index (χ0n) is 14.5. The lowest BCUT2D eigenvalue weighted by Crippen LogP contribution is -2.58. The van der Waals surface area contributed by atoms with Crippen LogP contribution in [0.1, 0.15) is 19.4 Å². The summed E-state index contributed by atoms with van der Waals surface area (Å²) in [5.41, 5.74) is 1.69. The van der Waals surface area contributed by atoms with E-state index in [-0.39, 0.29) is 17.7 Å². The molecule has 2 atom stereocenters. The molecule has 1 aliphatic rings. The first-order chi connectivity index (χ1) is 11.9. The van der Waals surface area contributed by atoms with Gasteiger partial charge in [-0.25, -0.2) is 0 Å². The first-order valence-electron chi connectivity index (χ1n) is 8.26. The molecule has 25 heavy (non-hydrogen) atoms. The van der Waals surface area contributed by atoms with E-state index in [9.17, 15) is 14.4 Å². The smallest absolute Gasteiger partial charge is 0.250 e. The molecule has 1 aliphatic heterocycles. The maximum Gasteiger partial charge on any atom is 0.250 e. The topological polar surface area (TPSA) is 78.5 Å². The van der Waals surface area contributed by atoms with Crippen molar-refractivity contribution in [3.8, 4) is 0 Å². The highest BCUT2D eigenvalue weighted by Gasteiger charge is 2.38. The van der Waals surface area contributed by atoms with Crippen LogP contribution >= 0.6 is 0 Å². The molecule has 3 rings (SSSR count). The number of hydrogen-bond donors (Lipinski definition) is 2. The van der Waals surface area contributed by atoms with Crippen LogP contribution in [0.5, 0.6) is 0 Å². The van der Waals surface area contributed by atoms with Crippen LogP contribution in [0.3, 0.4) is 0 Å². The molecule has 3 amide bonds. The summed E-state index contributed by atoms with van der Waals surface area (Å²) in [4.78, 5) is 38.1. The Bertz CT molecular complexity index is 862. The van der Waals surface area contributed by atoms with Crippen LogP contribution in [0.2, 0.25) is 0 Å². The standard InChI is InChI=1S/C19H21N3O3/c1-11(18(24)20-3)22-17-9-8-13-6-4-5-7-14(13)15(17)10-16(19(22)25)21-12(2)23/h4-9,11,16H,10H2,1-3H3,(H,20,24)(H,21,23)/t11-,16?/m0/s1. The van der Waals surface area contributed by atoms with Gasteiger partial charge in [-0.1, -0.05) is 30.3 Å². The van der Waals surface area contributed by atoms with E-state index in [2.05, 4.69) is 10.6 Å². The van der Waals surface area contributed by atoms with Crippen LogP contribution in [-0.2, 0) is 20.8 Å². The van der Waals surface area contributed by atoms with Crippen LogP contribution in [0.15, 0.2) is 36.4 Å². The van der Waals surface area contributed by atoms with Crippen LogP contribution in [0.4, 0.5) is 5.69 Å². The highest BCUT2D eigenvalue weighted by atomic mass is 16.2. The summed E-state index contributed by atoms with van der Waals surface area (Å²) in [5, 5.41) is 7.39. The minimum absolute atomic E-state index is 0.254. The summed E-state index contributed by atoms with van der Waals surface area (Å²) >= 11 is 0. The van der Waals surface area contributed by atoms with Crippen molar-refractivity contribution in [1.82, 2.24) is 10.6 Å². The predicted molar refractivity (Wildman–Crippen MR) is 96.3 cm³/mol. The number of carbonyl (C=O) groups excluding carboxylic acids is 3. The van der Waals surface area contributed by atoms with Gasteiger partial charge in [0.05, 0.1) is 0 Å². The minimum atomic E-state index is -0.678. The summed E-state index contributed by atoms with van der Waals surface area (Å²) in [6, 6.07) is 10.4. The predicted octanol–water partition coefficient (Wildman–Crippen LogP) is 1.37. The van der Waals surface area contributed by atoms with E-state index in [1.807, 2.05) is 36.4 Å². The van der Waals surface area contributed by atoms with Crippen LogP contribution < -0.4 is 15.5 Å². The first-order valence-corrected chi connectivity index (χ1v) is 8.26. The summed E-state index contributed by atoms with van der Waals surface area (Å²) in [6.45, 7) is 3.07. The van der Waals surface area contributed by atoms with Crippen LogP contribution in [0.25, 0.3) is 10.8 Å². The van der Waals surface area contributed by atoms with Gasteiger partial charge in [0, 0.05) is 26.1 Å². The van der Waals surface area contributed by atoms with E-state index in [0.717, 1.165) is 22.0 Å². The zero-order chi connectivity index (χ0) is 18.1. The van der Waals surface area contributed by atoms with Crippen molar-refractivity contribution in [2.75, 3.05) is 11.9 Å². The van der Waals surface area contributed by atoms with Gasteiger partial charge in [0.25, 0.3) is 5.91 Å². The fraction of sp³-hybridized carbons (Fsp3) is 0.316. The number of amides is 3. The second kappa shape index (κ2) is 6.55. The quantitative estimate of drug-likeness (QED) is 0.886. The number of nitrogens with zero attached hydrogens (tertiary/aromatic N) is 1. The van der Waals surface area contributed by atoms with Gasteiger partial charge < -0.3 is 10.6 Å². The second-order valence-corrected chi connectivity index (χ2v) is 6.24. The van der Waals surface area contributed by atoms with Gasteiger partial charge in [-0.3, -0.25) is 19.3 Å². The van der Waals surface area contributed by atoms with Crippen molar-refractivity contribution in [2.24, 2.45) is 0 Å². The molecule has 2 N–H and O–H groups in total. The summed E-state index contributed by atoms with van der Waals surface area (Å²) in [6.07, 6.45) is 0.409. The molecule has 0 spiro atoms. The fourth-order valence-corrected chi connectivity index (χ4v) is 3.43. The number of carbonyl (C=O) groups is 3. The van der Waals surface area contributed by atoms with Gasteiger partial charge in [0.2, 0.25) is 11.8 Å². The van der Waals surface area contributed by atoms with Gasteiger partial charge in [-0.05, 0) is 29.3 Å². The number of nitrogens with one attached hydrogen (secondary N) is 2. The van der Waals surface area contributed by atoms with E-state index in [1.54, 1.807) is 14.0 Å². The lowest BCUT2D eigenvalue weighted by molar-refractivity contribution is -0.129. The van der Waals surface area contributed by atoms with Crippen LogP contribution in [-0.4, -0.2) is 36.9 Å². The molecule has 0 saturated carbocycles. The number of anilines is 1. The summed E-state index contributed by atoms with van der Waals surface area (Å²) in [5.74, 6) is -0.792. The number of benzene rings is 2. The van der Waals surface area contributed by atoms with Crippen molar-refractivity contribution in [3.05, 3.63) is 42.0 Å². The van der Waals surface area contributed by atoms with Crippen molar-refractivity contribution < 1.29 is 14.4 Å². The molecule has 0 saturated heterocycles. The van der Waals surface area contributed by atoms with E-state index in [1.165, 1.54) is 11.8 Å². The number of hydrogen-bond acceptors (Lipinski definition) is 3. The normalized spacial score (nSPS) is 17.8. The van der Waals surface area contributed by atoms with Crippen molar-refractivity contribution in [3.63, 3.8) is 0 Å². The van der Waals surface area contributed by atoms with E-state index < -0.39 is 12.1 Å². The number of likely N-dealkylation sites (N-methyl/N-ethyl adjacent to an activating group) is 1. The third kappa shape index (κ3) is 2.95. The average molecular weight is 339 g/mol.